The maximum absolute atomic E-state index is 8.85. The van der Waals surface area contributed by atoms with Gasteiger partial charge in [0.1, 0.15) is 5.76 Å². The molecule has 0 aliphatic heterocycles. The number of methoxy groups -OCH3 is 1. The van der Waals surface area contributed by atoms with Gasteiger partial charge in [-0.3, -0.25) is 0 Å². The Kier molecular flexibility index (Phi) is 3.45. The first kappa shape index (κ1) is 10.7. The van der Waals surface area contributed by atoms with E-state index in [1.807, 2.05) is 6.08 Å². The predicted molar refractivity (Wildman–Crippen MR) is 52.0 cm³/mol. The summed E-state index contributed by atoms with van der Waals surface area (Å²) in [6, 6.07) is 0. The molecule has 0 saturated carbocycles. The van der Waals surface area contributed by atoms with Crippen LogP contribution in [0.1, 0.15) is 6.42 Å². The lowest BCUT2D eigenvalue weighted by atomic mass is 9.94. The van der Waals surface area contributed by atoms with Crippen molar-refractivity contribution in [3.05, 3.63) is 24.0 Å². The fourth-order valence-corrected chi connectivity index (χ4v) is 1.97. The summed E-state index contributed by atoms with van der Waals surface area (Å²) in [7, 11) is -0.349. The van der Waals surface area contributed by atoms with Crippen LogP contribution in [0.5, 0.6) is 0 Å². The van der Waals surface area contributed by atoms with Crippen molar-refractivity contribution in [2.45, 2.75) is 12.0 Å². The molecule has 1 atom stereocenters. The van der Waals surface area contributed by atoms with Crippen LogP contribution in [0.25, 0.3) is 0 Å². The van der Waals surface area contributed by atoms with Crippen LogP contribution in [0.15, 0.2) is 24.0 Å². The second-order valence-corrected chi connectivity index (χ2v) is 4.17. The summed E-state index contributed by atoms with van der Waals surface area (Å²) >= 11 is 0. The lowest BCUT2D eigenvalue weighted by Crippen LogP contribution is -2.41. The van der Waals surface area contributed by atoms with Crippen molar-refractivity contribution >= 4 is 8.38 Å². The Bertz CT molecular complexity index is 240. The number of hydrogen-bond donors (Lipinski definition) is 3. The van der Waals surface area contributed by atoms with Crippen molar-refractivity contribution in [2.24, 2.45) is 5.73 Å². The molecule has 13 heavy (non-hydrogen) atoms. The predicted octanol–water partition coefficient (Wildman–Crippen LogP) is 0.471. The molecule has 0 saturated heterocycles. The normalized spacial score (nSPS) is 27.6. The molecular weight excluding hydrogens is 189 g/mol. The van der Waals surface area contributed by atoms with E-state index in [9.17, 15) is 0 Å². The first-order valence-electron chi connectivity index (χ1n) is 3.93. The van der Waals surface area contributed by atoms with E-state index in [4.69, 9.17) is 20.3 Å². The van der Waals surface area contributed by atoms with E-state index in [0.29, 0.717) is 6.42 Å². The van der Waals surface area contributed by atoms with Gasteiger partial charge in [-0.05, 0) is 18.6 Å². The molecule has 74 valence electrons. The molecule has 0 aromatic carbocycles. The third kappa shape index (κ3) is 3.08. The molecule has 4 nitrogen and oxygen atoms in total. The Hall–Kier alpha value is -0.410. The van der Waals surface area contributed by atoms with Crippen LogP contribution >= 0.6 is 8.38 Å². The Balaban J connectivity index is 2.58. The Morgan fingerprint density at radius 2 is 2.38 bits per heavy atom. The number of rotatable bonds is 3. The van der Waals surface area contributed by atoms with Crippen LogP contribution < -0.4 is 5.73 Å². The summed E-state index contributed by atoms with van der Waals surface area (Å²) < 4.78 is 4.99. The van der Waals surface area contributed by atoms with E-state index in [0.717, 1.165) is 5.76 Å². The van der Waals surface area contributed by atoms with Crippen molar-refractivity contribution < 1.29 is 14.5 Å². The van der Waals surface area contributed by atoms with Gasteiger partial charge >= 0.3 is 0 Å². The molecular formula is C8H14NO3P. The van der Waals surface area contributed by atoms with Gasteiger partial charge in [-0.1, -0.05) is 6.08 Å². The first-order valence-corrected chi connectivity index (χ1v) is 5.36. The largest absolute Gasteiger partial charge is 0.497 e. The summed E-state index contributed by atoms with van der Waals surface area (Å²) in [6.45, 7) is 0. The molecule has 0 aromatic heterocycles. The van der Waals surface area contributed by atoms with Crippen LogP contribution in [0.4, 0.5) is 0 Å². The molecule has 0 radical (unpaired) electrons. The zero-order valence-corrected chi connectivity index (χ0v) is 8.37. The molecule has 0 spiro atoms. The number of hydrogen-bond acceptors (Lipinski definition) is 4. The summed E-state index contributed by atoms with van der Waals surface area (Å²) in [4.78, 5) is 17.7. The second kappa shape index (κ2) is 4.20. The molecule has 1 rings (SSSR count). The Morgan fingerprint density at radius 1 is 1.69 bits per heavy atom. The lowest BCUT2D eigenvalue weighted by Gasteiger charge is -2.27. The van der Waals surface area contributed by atoms with Crippen LogP contribution in [0.2, 0.25) is 0 Å². The molecule has 0 heterocycles. The summed E-state index contributed by atoms with van der Waals surface area (Å²) in [5, 5.41) is 0. The van der Waals surface area contributed by atoms with Crippen LogP contribution in [0, 0.1) is 0 Å². The van der Waals surface area contributed by atoms with Gasteiger partial charge in [-0.15, -0.1) is 0 Å². The standard InChI is InChI=1S/C8H14NO3P/c1-12-7-2-4-8(9,5-3-7)6-13(10)11/h2-4,10-11H,5-6,9H2,1H3. The summed E-state index contributed by atoms with van der Waals surface area (Å²) in [5.74, 6) is 0.765. The molecule has 0 aromatic rings. The van der Waals surface area contributed by atoms with Crippen molar-refractivity contribution in [3.63, 3.8) is 0 Å². The highest BCUT2D eigenvalue weighted by molar-refractivity contribution is 7.45. The number of allylic oxidation sites excluding steroid dienone is 1. The van der Waals surface area contributed by atoms with E-state index in [1.165, 1.54) is 0 Å². The minimum Gasteiger partial charge on any atom is -0.497 e. The van der Waals surface area contributed by atoms with E-state index < -0.39 is 13.9 Å². The van der Waals surface area contributed by atoms with Crippen molar-refractivity contribution in [1.82, 2.24) is 0 Å². The van der Waals surface area contributed by atoms with Gasteiger partial charge in [0.2, 0.25) is 0 Å². The van der Waals surface area contributed by atoms with Crippen LogP contribution in [-0.2, 0) is 4.74 Å². The van der Waals surface area contributed by atoms with Gasteiger partial charge in [0, 0.05) is 11.7 Å². The van der Waals surface area contributed by atoms with Gasteiger partial charge in [-0.25, -0.2) is 0 Å². The minimum absolute atomic E-state index is 0.201. The average Bonchev–Trinajstić information content (AvgIpc) is 2.04. The smallest absolute Gasteiger partial charge is 0.167 e. The van der Waals surface area contributed by atoms with E-state index in [2.05, 4.69) is 0 Å². The maximum Gasteiger partial charge on any atom is 0.167 e. The third-order valence-electron chi connectivity index (χ3n) is 1.93. The Morgan fingerprint density at radius 3 is 2.77 bits per heavy atom. The number of nitrogens with two attached hydrogens (primary N) is 1. The maximum atomic E-state index is 8.85. The topological polar surface area (TPSA) is 75.7 Å². The SMILES string of the molecule is COC1=CCC(N)(CP(O)O)C=C1. The summed E-state index contributed by atoms with van der Waals surface area (Å²) in [5.41, 5.74) is 5.26. The monoisotopic (exact) mass is 203 g/mol. The van der Waals surface area contributed by atoms with Gasteiger partial charge < -0.3 is 20.3 Å². The quantitative estimate of drug-likeness (QED) is 0.583. The van der Waals surface area contributed by atoms with Gasteiger partial charge in [0.15, 0.2) is 8.38 Å². The van der Waals surface area contributed by atoms with E-state index in [-0.39, 0.29) is 6.16 Å². The fourth-order valence-electron chi connectivity index (χ4n) is 1.21. The van der Waals surface area contributed by atoms with E-state index >= 15 is 0 Å². The first-order chi connectivity index (χ1) is 6.06. The fraction of sp³-hybridized carbons (Fsp3) is 0.500. The van der Waals surface area contributed by atoms with E-state index in [1.54, 1.807) is 19.3 Å². The van der Waals surface area contributed by atoms with Crippen LogP contribution in [0.3, 0.4) is 0 Å². The highest BCUT2D eigenvalue weighted by Crippen LogP contribution is 2.32. The van der Waals surface area contributed by atoms with Gasteiger partial charge in [-0.2, -0.15) is 0 Å². The molecule has 0 fully saturated rings. The Labute approximate surface area is 78.6 Å². The highest BCUT2D eigenvalue weighted by atomic mass is 31.2. The molecule has 0 amide bonds. The van der Waals surface area contributed by atoms with Crippen molar-refractivity contribution in [2.75, 3.05) is 13.3 Å². The average molecular weight is 203 g/mol. The van der Waals surface area contributed by atoms with Crippen LogP contribution in [-0.4, -0.2) is 28.6 Å². The molecule has 1 aliphatic carbocycles. The number of ether oxygens (including phenoxy) is 1. The van der Waals surface area contributed by atoms with Gasteiger partial charge in [0.05, 0.1) is 7.11 Å². The molecule has 4 N–H and O–H groups in total. The van der Waals surface area contributed by atoms with Gasteiger partial charge in [0.25, 0.3) is 0 Å². The summed E-state index contributed by atoms with van der Waals surface area (Å²) in [6.07, 6.45) is 6.13. The zero-order chi connectivity index (χ0) is 9.90. The van der Waals surface area contributed by atoms with Crippen molar-refractivity contribution in [1.29, 1.82) is 0 Å². The highest BCUT2D eigenvalue weighted by Gasteiger charge is 2.26. The lowest BCUT2D eigenvalue weighted by molar-refractivity contribution is 0.300. The second-order valence-electron chi connectivity index (χ2n) is 3.11. The molecule has 1 unspecified atom stereocenters. The minimum atomic E-state index is -1.94. The zero-order valence-electron chi connectivity index (χ0n) is 7.47. The van der Waals surface area contributed by atoms with Crippen molar-refractivity contribution in [3.8, 4) is 0 Å². The molecule has 0 bridgehead atoms. The molecule has 5 heteroatoms. The molecule has 1 aliphatic rings. The third-order valence-corrected chi connectivity index (χ3v) is 2.81.